The van der Waals surface area contributed by atoms with Crippen LogP contribution in [0.5, 0.6) is 0 Å². The number of alkyl halides is 3. The molecule has 3 aromatic rings. The number of carbonyl (C=O) groups is 1. The van der Waals surface area contributed by atoms with Gasteiger partial charge in [0.2, 0.25) is 0 Å². The molecule has 1 aliphatic heterocycles. The van der Waals surface area contributed by atoms with Crippen LogP contribution >= 0.6 is 0 Å². The van der Waals surface area contributed by atoms with Crippen molar-refractivity contribution in [2.24, 2.45) is 0 Å². The van der Waals surface area contributed by atoms with Crippen molar-refractivity contribution < 1.29 is 26.4 Å². The van der Waals surface area contributed by atoms with Gasteiger partial charge in [0.15, 0.2) is 0 Å². The molecule has 0 saturated heterocycles. The van der Waals surface area contributed by atoms with E-state index in [-0.39, 0.29) is 16.8 Å². The van der Waals surface area contributed by atoms with Crippen molar-refractivity contribution >= 4 is 44.3 Å². The van der Waals surface area contributed by atoms with E-state index in [1.165, 1.54) is 18.2 Å². The molecule has 3 aromatic carbocycles. The zero-order valence-electron chi connectivity index (χ0n) is 22.2. The summed E-state index contributed by atoms with van der Waals surface area (Å²) in [6.07, 6.45) is 2.13. The minimum absolute atomic E-state index is 0.176. The van der Waals surface area contributed by atoms with Crippen molar-refractivity contribution in [1.82, 2.24) is 4.90 Å². The van der Waals surface area contributed by atoms with Gasteiger partial charge in [0.1, 0.15) is 0 Å². The van der Waals surface area contributed by atoms with Crippen LogP contribution in [0, 0.1) is 0 Å². The number of carbonyl (C=O) groups excluding carboxylic acids is 1. The normalized spacial score (nSPS) is 14.6. The van der Waals surface area contributed by atoms with Crippen LogP contribution in [0.4, 0.5) is 30.2 Å². The van der Waals surface area contributed by atoms with Crippen molar-refractivity contribution in [3.8, 4) is 0 Å². The molecule has 40 heavy (non-hydrogen) atoms. The number of nitrogens with zero attached hydrogens (tertiary/aromatic N) is 1. The van der Waals surface area contributed by atoms with E-state index < -0.39 is 21.4 Å². The number of nitrogens with one attached hydrogen (secondary N) is 3. The molecule has 3 N–H and O–H groups in total. The van der Waals surface area contributed by atoms with E-state index in [0.29, 0.717) is 22.6 Å². The Labute approximate surface area is 232 Å². The monoisotopic (exact) mass is 572 g/mol. The largest absolute Gasteiger partial charge is 0.516 e. The number of rotatable bonds is 11. The second-order valence-corrected chi connectivity index (χ2v) is 11.2. The zero-order valence-corrected chi connectivity index (χ0v) is 23.0. The summed E-state index contributed by atoms with van der Waals surface area (Å²) < 4.78 is 63.8. The number of amides is 1. The van der Waals surface area contributed by atoms with Gasteiger partial charge in [-0.1, -0.05) is 56.3 Å². The predicted octanol–water partition coefficient (Wildman–Crippen LogP) is 6.50. The van der Waals surface area contributed by atoms with Gasteiger partial charge in [0.25, 0.3) is 5.91 Å². The van der Waals surface area contributed by atoms with Crippen LogP contribution in [0.3, 0.4) is 0 Å². The van der Waals surface area contributed by atoms with Crippen molar-refractivity contribution in [3.05, 3.63) is 89.5 Å². The summed E-state index contributed by atoms with van der Waals surface area (Å²) in [6, 6.07) is 20.6. The summed E-state index contributed by atoms with van der Waals surface area (Å²) in [5, 5.41) is 6.03. The first kappa shape index (κ1) is 29.2. The molecule has 0 unspecified atom stereocenters. The average Bonchev–Trinajstić information content (AvgIpc) is 3.23. The Hall–Kier alpha value is -3.83. The van der Waals surface area contributed by atoms with Gasteiger partial charge in [-0.15, -0.1) is 0 Å². The lowest BCUT2D eigenvalue weighted by atomic mass is 9.99. The fourth-order valence-corrected chi connectivity index (χ4v) is 5.13. The van der Waals surface area contributed by atoms with Crippen LogP contribution in [0.2, 0.25) is 0 Å². The van der Waals surface area contributed by atoms with Crippen LogP contribution in [0.1, 0.15) is 43.4 Å². The third kappa shape index (κ3) is 6.65. The molecule has 1 amide bonds. The van der Waals surface area contributed by atoms with Gasteiger partial charge in [0, 0.05) is 29.2 Å². The molecule has 1 aliphatic rings. The first-order valence-corrected chi connectivity index (χ1v) is 14.4. The molecule has 0 saturated carbocycles. The first-order chi connectivity index (χ1) is 19.0. The van der Waals surface area contributed by atoms with E-state index in [2.05, 4.69) is 29.4 Å². The molecule has 11 heteroatoms. The van der Waals surface area contributed by atoms with Gasteiger partial charge >= 0.3 is 15.5 Å². The van der Waals surface area contributed by atoms with Crippen molar-refractivity contribution in [1.29, 1.82) is 0 Å². The third-order valence-electron chi connectivity index (χ3n) is 6.34. The van der Waals surface area contributed by atoms with Crippen LogP contribution in [0.25, 0.3) is 11.3 Å². The third-order valence-corrected chi connectivity index (χ3v) is 7.46. The average molecular weight is 573 g/mol. The Morgan fingerprint density at radius 2 is 1.52 bits per heavy atom. The van der Waals surface area contributed by atoms with E-state index >= 15 is 0 Å². The Kier molecular flexibility index (Phi) is 8.85. The lowest BCUT2D eigenvalue weighted by Crippen LogP contribution is -2.29. The highest BCUT2D eigenvalue weighted by Gasteiger charge is 2.46. The molecule has 7 nitrogen and oxygen atoms in total. The summed E-state index contributed by atoms with van der Waals surface area (Å²) in [7, 11) is -5.63. The van der Waals surface area contributed by atoms with Crippen molar-refractivity contribution in [2.75, 3.05) is 28.4 Å². The number of anilines is 3. The maximum atomic E-state index is 13.2. The van der Waals surface area contributed by atoms with Crippen molar-refractivity contribution in [2.45, 2.75) is 38.7 Å². The zero-order chi connectivity index (χ0) is 28.9. The molecule has 212 valence electrons. The number of hydrogen-bond donors (Lipinski definition) is 3. The predicted molar refractivity (Wildman–Crippen MR) is 153 cm³/mol. The van der Waals surface area contributed by atoms with Crippen LogP contribution < -0.4 is 15.4 Å². The first-order valence-electron chi connectivity index (χ1n) is 12.9. The standard InChI is InChI=1S/C29H31F3N4O3S/c1-3-16-36(17-4-2)19-20-10-12-22(13-11-20)33-27(21-8-6-5-7-9-21)26-24-18-23(14-15-25(24)34-28(26)37)35-40(38,39)29(30,31)32/h5-15,18,33,35H,3-4,16-17,19H2,1-2H3,(H,34,37). The Morgan fingerprint density at radius 3 is 2.12 bits per heavy atom. The maximum absolute atomic E-state index is 13.2. The number of sulfonamides is 1. The molecule has 0 fully saturated rings. The molecule has 0 bridgehead atoms. The Bertz CT molecular complexity index is 1480. The summed E-state index contributed by atoms with van der Waals surface area (Å²) in [4.78, 5) is 15.6. The van der Waals surface area contributed by atoms with E-state index in [4.69, 9.17) is 0 Å². The second-order valence-electron chi connectivity index (χ2n) is 9.48. The fraction of sp³-hybridized carbons (Fsp3) is 0.276. The number of benzene rings is 3. The molecule has 0 aliphatic carbocycles. The highest BCUT2D eigenvalue weighted by atomic mass is 32.2. The summed E-state index contributed by atoms with van der Waals surface area (Å²) >= 11 is 0. The van der Waals surface area contributed by atoms with Gasteiger partial charge < -0.3 is 10.6 Å². The molecule has 1 heterocycles. The molecular weight excluding hydrogens is 541 g/mol. The molecule has 0 radical (unpaired) electrons. The number of fused-ring (bicyclic) bond motifs is 1. The lowest BCUT2D eigenvalue weighted by molar-refractivity contribution is -0.110. The SMILES string of the molecule is CCCN(CCC)Cc1ccc(NC(=C2C(=O)Nc3ccc(NS(=O)(=O)C(F)(F)F)cc32)c2ccccc2)cc1. The summed E-state index contributed by atoms with van der Waals surface area (Å²) in [5.41, 5.74) is -2.04. The van der Waals surface area contributed by atoms with Gasteiger partial charge in [0.05, 0.1) is 11.3 Å². The maximum Gasteiger partial charge on any atom is 0.516 e. The van der Waals surface area contributed by atoms with Gasteiger partial charge in [-0.3, -0.25) is 14.4 Å². The molecule has 0 atom stereocenters. The van der Waals surface area contributed by atoms with Crippen LogP contribution in [-0.4, -0.2) is 37.8 Å². The molecule has 0 aromatic heterocycles. The number of hydrogen-bond acceptors (Lipinski definition) is 5. The quantitative estimate of drug-likeness (QED) is 0.228. The van der Waals surface area contributed by atoms with E-state index in [1.54, 1.807) is 29.0 Å². The number of halogens is 3. The molecular formula is C29H31F3N4O3S. The van der Waals surface area contributed by atoms with Gasteiger partial charge in [-0.2, -0.15) is 21.6 Å². The lowest BCUT2D eigenvalue weighted by Gasteiger charge is -2.21. The Morgan fingerprint density at radius 1 is 0.900 bits per heavy atom. The van der Waals surface area contributed by atoms with E-state index in [1.807, 2.05) is 30.3 Å². The fourth-order valence-electron chi connectivity index (χ4n) is 4.57. The highest BCUT2D eigenvalue weighted by molar-refractivity contribution is 7.93. The minimum atomic E-state index is -5.63. The van der Waals surface area contributed by atoms with E-state index in [9.17, 15) is 26.4 Å². The minimum Gasteiger partial charge on any atom is -0.354 e. The summed E-state index contributed by atoms with van der Waals surface area (Å²) in [6.45, 7) is 7.14. The summed E-state index contributed by atoms with van der Waals surface area (Å²) in [5.74, 6) is -0.469. The topological polar surface area (TPSA) is 90.5 Å². The van der Waals surface area contributed by atoms with Crippen LogP contribution in [-0.2, 0) is 21.4 Å². The molecule has 4 rings (SSSR count). The van der Waals surface area contributed by atoms with Gasteiger partial charge in [-0.25, -0.2) is 0 Å². The highest BCUT2D eigenvalue weighted by Crippen LogP contribution is 2.39. The van der Waals surface area contributed by atoms with Crippen LogP contribution in [0.15, 0.2) is 72.8 Å². The van der Waals surface area contributed by atoms with Gasteiger partial charge in [-0.05, 0) is 67.4 Å². The van der Waals surface area contributed by atoms with Crippen molar-refractivity contribution in [3.63, 3.8) is 0 Å². The Balaban J connectivity index is 1.71. The second kappa shape index (κ2) is 12.1. The molecule has 0 spiro atoms. The van der Waals surface area contributed by atoms with E-state index in [0.717, 1.165) is 38.0 Å². The smallest absolute Gasteiger partial charge is 0.354 e.